The maximum Gasteiger partial charge on any atom is 0.251 e. The number of thioether (sulfide) groups is 1. The van der Waals surface area contributed by atoms with Crippen molar-refractivity contribution in [3.05, 3.63) is 35.4 Å². The Hall–Kier alpha value is -2.02. The summed E-state index contributed by atoms with van der Waals surface area (Å²) in [6.07, 6.45) is 4.49. The number of piperazine rings is 1. The number of nitrogens with one attached hydrogen (secondary N) is 1. The summed E-state index contributed by atoms with van der Waals surface area (Å²) in [4.78, 5) is 40.4. The van der Waals surface area contributed by atoms with Crippen molar-refractivity contribution in [1.82, 2.24) is 15.1 Å². The standard InChI is InChI=1S/C19H23N3O3S/c23-17-10-21(19(25)16-11-26-12-22(16)17)9-13-5-7-14(8-6-13)18(24)20-15-3-1-2-4-15/h5-8,15-16H,1-4,9-12H2,(H,20,24)/t16-/m1/s1. The van der Waals surface area contributed by atoms with Crippen LogP contribution in [0.1, 0.15) is 41.6 Å². The molecule has 138 valence electrons. The fraction of sp³-hybridized carbons (Fsp3) is 0.526. The maximum absolute atomic E-state index is 12.6. The van der Waals surface area contributed by atoms with E-state index in [0.29, 0.717) is 29.8 Å². The number of nitrogens with zero attached hydrogens (tertiary/aromatic N) is 2. The van der Waals surface area contributed by atoms with Gasteiger partial charge in [-0.1, -0.05) is 25.0 Å². The van der Waals surface area contributed by atoms with Gasteiger partial charge in [0.25, 0.3) is 5.91 Å². The molecule has 1 saturated carbocycles. The van der Waals surface area contributed by atoms with Crippen molar-refractivity contribution in [2.75, 3.05) is 18.2 Å². The highest BCUT2D eigenvalue weighted by atomic mass is 32.2. The molecule has 26 heavy (non-hydrogen) atoms. The Balaban J connectivity index is 1.38. The number of carbonyl (C=O) groups is 3. The minimum Gasteiger partial charge on any atom is -0.349 e. The Morgan fingerprint density at radius 3 is 2.62 bits per heavy atom. The Morgan fingerprint density at radius 2 is 1.88 bits per heavy atom. The van der Waals surface area contributed by atoms with Gasteiger partial charge in [0.05, 0.1) is 5.88 Å². The lowest BCUT2D eigenvalue weighted by atomic mass is 10.1. The molecular weight excluding hydrogens is 350 g/mol. The quantitative estimate of drug-likeness (QED) is 0.870. The summed E-state index contributed by atoms with van der Waals surface area (Å²) in [5, 5.41) is 3.08. The van der Waals surface area contributed by atoms with E-state index < -0.39 is 0 Å². The van der Waals surface area contributed by atoms with Crippen LogP contribution in [0.15, 0.2) is 24.3 Å². The molecule has 7 heteroatoms. The Kier molecular flexibility index (Phi) is 4.89. The van der Waals surface area contributed by atoms with Crippen LogP contribution in [0, 0.1) is 0 Å². The summed E-state index contributed by atoms with van der Waals surface area (Å²) >= 11 is 1.63. The molecule has 3 fully saturated rings. The molecule has 3 aliphatic rings. The molecule has 1 aliphatic carbocycles. The fourth-order valence-electron chi connectivity index (χ4n) is 3.89. The van der Waals surface area contributed by atoms with Gasteiger partial charge in [0, 0.05) is 23.9 Å². The van der Waals surface area contributed by atoms with E-state index in [1.165, 1.54) is 12.8 Å². The normalized spacial score (nSPS) is 23.5. The maximum atomic E-state index is 12.6. The number of hydrogen-bond donors (Lipinski definition) is 1. The zero-order valence-electron chi connectivity index (χ0n) is 14.6. The Labute approximate surface area is 157 Å². The second kappa shape index (κ2) is 7.31. The lowest BCUT2D eigenvalue weighted by molar-refractivity contribution is -0.153. The molecule has 1 aromatic carbocycles. The monoisotopic (exact) mass is 373 g/mol. The lowest BCUT2D eigenvalue weighted by Crippen LogP contribution is -2.57. The van der Waals surface area contributed by atoms with E-state index in [-0.39, 0.29) is 30.3 Å². The van der Waals surface area contributed by atoms with Gasteiger partial charge >= 0.3 is 0 Å². The van der Waals surface area contributed by atoms with Crippen molar-refractivity contribution < 1.29 is 14.4 Å². The Bertz CT molecular complexity index is 715. The first-order valence-corrected chi connectivity index (χ1v) is 10.3. The minimum absolute atomic E-state index is 0.0205. The van der Waals surface area contributed by atoms with Crippen LogP contribution < -0.4 is 5.32 Å². The number of benzene rings is 1. The summed E-state index contributed by atoms with van der Waals surface area (Å²) in [5.74, 6) is 1.31. The first-order chi connectivity index (χ1) is 12.6. The van der Waals surface area contributed by atoms with Crippen molar-refractivity contribution in [3.63, 3.8) is 0 Å². The zero-order chi connectivity index (χ0) is 18.1. The first-order valence-electron chi connectivity index (χ1n) is 9.17. The van der Waals surface area contributed by atoms with Crippen LogP contribution in [-0.2, 0) is 16.1 Å². The molecule has 0 aromatic heterocycles. The Morgan fingerprint density at radius 1 is 1.15 bits per heavy atom. The smallest absolute Gasteiger partial charge is 0.251 e. The fourth-order valence-corrected chi connectivity index (χ4v) is 5.06. The van der Waals surface area contributed by atoms with Gasteiger partial charge in [-0.2, -0.15) is 0 Å². The number of rotatable bonds is 4. The van der Waals surface area contributed by atoms with Gasteiger partial charge < -0.3 is 15.1 Å². The van der Waals surface area contributed by atoms with Gasteiger partial charge in [-0.3, -0.25) is 14.4 Å². The largest absolute Gasteiger partial charge is 0.349 e. The molecule has 6 nitrogen and oxygen atoms in total. The molecule has 3 amide bonds. The van der Waals surface area contributed by atoms with Crippen LogP contribution in [0.4, 0.5) is 0 Å². The van der Waals surface area contributed by atoms with E-state index in [2.05, 4.69) is 5.32 Å². The van der Waals surface area contributed by atoms with Gasteiger partial charge in [-0.05, 0) is 30.5 Å². The van der Waals surface area contributed by atoms with E-state index in [9.17, 15) is 14.4 Å². The van der Waals surface area contributed by atoms with E-state index >= 15 is 0 Å². The molecule has 2 saturated heterocycles. The van der Waals surface area contributed by atoms with Crippen molar-refractivity contribution in [2.45, 2.75) is 44.3 Å². The molecule has 0 spiro atoms. The topological polar surface area (TPSA) is 69.7 Å². The third-order valence-corrected chi connectivity index (χ3v) is 6.42. The number of fused-ring (bicyclic) bond motifs is 1. The van der Waals surface area contributed by atoms with Crippen LogP contribution >= 0.6 is 11.8 Å². The third-order valence-electron chi connectivity index (χ3n) is 5.41. The number of carbonyl (C=O) groups excluding carboxylic acids is 3. The van der Waals surface area contributed by atoms with Crippen molar-refractivity contribution in [1.29, 1.82) is 0 Å². The molecule has 1 atom stereocenters. The van der Waals surface area contributed by atoms with Gasteiger partial charge in [0.2, 0.25) is 11.8 Å². The summed E-state index contributed by atoms with van der Waals surface area (Å²) in [7, 11) is 0. The van der Waals surface area contributed by atoms with Gasteiger partial charge in [0.1, 0.15) is 12.6 Å². The SMILES string of the molecule is O=C(NC1CCCC1)c1ccc(CN2CC(=O)N3CSC[C@@H]3C2=O)cc1. The lowest BCUT2D eigenvalue weighted by Gasteiger charge is -2.35. The molecule has 0 bridgehead atoms. The molecule has 2 heterocycles. The molecule has 0 radical (unpaired) electrons. The summed E-state index contributed by atoms with van der Waals surface area (Å²) in [6.45, 7) is 0.546. The second-order valence-electron chi connectivity index (χ2n) is 7.23. The average molecular weight is 373 g/mol. The van der Waals surface area contributed by atoms with E-state index in [4.69, 9.17) is 0 Å². The van der Waals surface area contributed by atoms with Crippen LogP contribution in [0.3, 0.4) is 0 Å². The first kappa shape index (κ1) is 17.4. The van der Waals surface area contributed by atoms with E-state index in [1.807, 2.05) is 12.1 Å². The summed E-state index contributed by atoms with van der Waals surface area (Å²) < 4.78 is 0. The predicted molar refractivity (Wildman–Crippen MR) is 99.5 cm³/mol. The highest BCUT2D eigenvalue weighted by molar-refractivity contribution is 7.99. The molecular formula is C19H23N3O3S. The molecule has 0 unspecified atom stereocenters. The predicted octanol–water partition coefficient (Wildman–Crippen LogP) is 1.60. The van der Waals surface area contributed by atoms with Crippen molar-refractivity contribution in [2.24, 2.45) is 0 Å². The van der Waals surface area contributed by atoms with E-state index in [0.717, 1.165) is 18.4 Å². The van der Waals surface area contributed by atoms with Crippen LogP contribution in [0.5, 0.6) is 0 Å². The van der Waals surface area contributed by atoms with Crippen molar-refractivity contribution >= 4 is 29.5 Å². The minimum atomic E-state index is -0.308. The zero-order valence-corrected chi connectivity index (χ0v) is 15.5. The molecule has 2 aliphatic heterocycles. The van der Waals surface area contributed by atoms with E-state index in [1.54, 1.807) is 33.7 Å². The van der Waals surface area contributed by atoms with Gasteiger partial charge in [-0.25, -0.2) is 0 Å². The second-order valence-corrected chi connectivity index (χ2v) is 8.23. The number of amides is 3. The highest BCUT2D eigenvalue weighted by Gasteiger charge is 2.42. The molecule has 4 rings (SSSR count). The van der Waals surface area contributed by atoms with Crippen molar-refractivity contribution in [3.8, 4) is 0 Å². The van der Waals surface area contributed by atoms with Gasteiger partial charge in [-0.15, -0.1) is 11.8 Å². The highest BCUT2D eigenvalue weighted by Crippen LogP contribution is 2.26. The summed E-state index contributed by atoms with van der Waals surface area (Å²) in [6, 6.07) is 7.33. The van der Waals surface area contributed by atoms with Crippen LogP contribution in [-0.4, -0.2) is 57.8 Å². The number of hydrogen-bond acceptors (Lipinski definition) is 4. The third kappa shape index (κ3) is 3.45. The average Bonchev–Trinajstić information content (AvgIpc) is 3.32. The van der Waals surface area contributed by atoms with Crippen LogP contribution in [0.2, 0.25) is 0 Å². The van der Waals surface area contributed by atoms with Gasteiger partial charge in [0.15, 0.2) is 0 Å². The summed E-state index contributed by atoms with van der Waals surface area (Å²) in [5.41, 5.74) is 1.57. The molecule has 1 N–H and O–H groups in total. The molecule has 1 aromatic rings. The van der Waals surface area contributed by atoms with Crippen LogP contribution in [0.25, 0.3) is 0 Å².